The van der Waals surface area contributed by atoms with Gasteiger partial charge in [-0.15, -0.1) is 0 Å². The molecule has 1 fully saturated rings. The third-order valence-corrected chi connectivity index (χ3v) is 5.90. The molecule has 0 amide bonds. The summed E-state index contributed by atoms with van der Waals surface area (Å²) in [6.07, 6.45) is -1.69. The van der Waals surface area contributed by atoms with Gasteiger partial charge in [0.05, 0.1) is 7.11 Å². The van der Waals surface area contributed by atoms with E-state index in [1.54, 1.807) is 19.5 Å². The highest BCUT2D eigenvalue weighted by Gasteiger charge is 2.39. The van der Waals surface area contributed by atoms with Gasteiger partial charge in [0.25, 0.3) is 0 Å². The molecular formula is C26H24F6N6O5. The monoisotopic (exact) mass is 614 g/mol. The molecule has 17 heteroatoms. The SMILES string of the molecule is COc1ncccc1CN1CCC(c2nc3ccc(-c4cccnc4)cn3n2)C1.O=C(O)C(F)(F)F.O=C(O)C(F)(F)F. The minimum atomic E-state index is -5.08. The quantitative estimate of drug-likeness (QED) is 0.310. The summed E-state index contributed by atoms with van der Waals surface area (Å²) in [5.41, 5.74) is 4.14. The molecule has 4 aromatic rings. The molecule has 0 saturated carbocycles. The number of carboxylic acids is 2. The predicted molar refractivity (Wildman–Crippen MR) is 137 cm³/mol. The molecule has 43 heavy (non-hydrogen) atoms. The highest BCUT2D eigenvalue weighted by Crippen LogP contribution is 2.28. The van der Waals surface area contributed by atoms with E-state index in [1.165, 1.54) is 0 Å². The number of fused-ring (bicyclic) bond motifs is 1. The zero-order valence-corrected chi connectivity index (χ0v) is 22.2. The Labute approximate surface area is 239 Å². The van der Waals surface area contributed by atoms with Crippen LogP contribution in [0.15, 0.2) is 61.2 Å². The van der Waals surface area contributed by atoms with Crippen molar-refractivity contribution < 1.29 is 50.9 Å². The van der Waals surface area contributed by atoms with Crippen molar-refractivity contribution in [3.8, 4) is 17.0 Å². The van der Waals surface area contributed by atoms with Crippen molar-refractivity contribution in [3.63, 3.8) is 0 Å². The molecule has 1 unspecified atom stereocenters. The second-order valence-corrected chi connectivity index (χ2v) is 8.93. The number of alkyl halides is 6. The first kappa shape index (κ1) is 32.7. The van der Waals surface area contributed by atoms with Gasteiger partial charge >= 0.3 is 24.3 Å². The lowest BCUT2D eigenvalue weighted by atomic mass is 10.1. The van der Waals surface area contributed by atoms with Gasteiger partial charge in [0.1, 0.15) is 0 Å². The Bertz CT molecular complexity index is 1510. The summed E-state index contributed by atoms with van der Waals surface area (Å²) in [5, 5.41) is 19.0. The minimum Gasteiger partial charge on any atom is -0.481 e. The number of likely N-dealkylation sites (tertiary alicyclic amines) is 1. The summed E-state index contributed by atoms with van der Waals surface area (Å²) in [6, 6.07) is 12.1. The van der Waals surface area contributed by atoms with Crippen LogP contribution in [0.3, 0.4) is 0 Å². The Hall–Kier alpha value is -4.80. The summed E-state index contributed by atoms with van der Waals surface area (Å²) < 4.78 is 70.7. The van der Waals surface area contributed by atoms with E-state index >= 15 is 0 Å². The normalized spacial score (nSPS) is 15.2. The molecule has 5 rings (SSSR count). The molecular weight excluding hydrogens is 590 g/mol. The van der Waals surface area contributed by atoms with Crippen molar-refractivity contribution >= 4 is 17.6 Å². The Kier molecular flexibility index (Phi) is 10.6. The number of carbonyl (C=O) groups is 2. The molecule has 1 aliphatic heterocycles. The second-order valence-electron chi connectivity index (χ2n) is 8.93. The van der Waals surface area contributed by atoms with Crippen molar-refractivity contribution in [1.82, 2.24) is 29.5 Å². The van der Waals surface area contributed by atoms with Gasteiger partial charge in [-0.25, -0.2) is 24.1 Å². The topological polar surface area (TPSA) is 143 Å². The first-order valence-corrected chi connectivity index (χ1v) is 12.3. The third kappa shape index (κ3) is 9.35. The van der Waals surface area contributed by atoms with Crippen LogP contribution in [0.5, 0.6) is 5.88 Å². The zero-order valence-electron chi connectivity index (χ0n) is 22.2. The Balaban J connectivity index is 0.000000303. The molecule has 2 N–H and O–H groups in total. The molecule has 1 aliphatic rings. The van der Waals surface area contributed by atoms with E-state index in [0.717, 1.165) is 54.2 Å². The molecule has 0 aliphatic carbocycles. The maximum absolute atomic E-state index is 10.6. The lowest BCUT2D eigenvalue weighted by Gasteiger charge is -2.16. The highest BCUT2D eigenvalue weighted by molar-refractivity contribution is 5.73. The number of hydrogen-bond donors (Lipinski definition) is 2. The van der Waals surface area contributed by atoms with Gasteiger partial charge in [-0.1, -0.05) is 12.1 Å². The number of rotatable bonds is 5. The lowest BCUT2D eigenvalue weighted by Crippen LogP contribution is -2.21. The Morgan fingerprint density at radius 3 is 2.21 bits per heavy atom. The van der Waals surface area contributed by atoms with E-state index in [2.05, 4.69) is 27.0 Å². The molecule has 0 spiro atoms. The molecule has 230 valence electrons. The van der Waals surface area contributed by atoms with E-state index in [0.29, 0.717) is 11.8 Å². The van der Waals surface area contributed by atoms with Crippen molar-refractivity contribution in [1.29, 1.82) is 0 Å². The van der Waals surface area contributed by atoms with Crippen molar-refractivity contribution in [2.24, 2.45) is 0 Å². The zero-order chi connectivity index (χ0) is 31.8. The number of pyridine rings is 3. The second kappa shape index (κ2) is 13.9. The van der Waals surface area contributed by atoms with E-state index < -0.39 is 24.3 Å². The Morgan fingerprint density at radius 1 is 0.977 bits per heavy atom. The third-order valence-electron chi connectivity index (χ3n) is 5.90. The van der Waals surface area contributed by atoms with Gasteiger partial charge in [-0.05, 0) is 37.2 Å². The summed E-state index contributed by atoms with van der Waals surface area (Å²) >= 11 is 0. The number of carboxylic acid groups (broad SMARTS) is 2. The van der Waals surface area contributed by atoms with Crippen molar-refractivity contribution in [2.75, 3.05) is 20.2 Å². The van der Waals surface area contributed by atoms with Crippen LogP contribution in [0.25, 0.3) is 16.8 Å². The average molecular weight is 615 g/mol. The number of nitrogens with zero attached hydrogens (tertiary/aromatic N) is 6. The predicted octanol–water partition coefficient (Wildman–Crippen LogP) is 4.45. The summed E-state index contributed by atoms with van der Waals surface area (Å²) in [6.45, 7) is 2.77. The fraction of sp³-hybridized carbons (Fsp3) is 0.308. The molecule has 0 aromatic carbocycles. The summed E-state index contributed by atoms with van der Waals surface area (Å²) in [4.78, 5) is 33.5. The Morgan fingerprint density at radius 2 is 1.63 bits per heavy atom. The van der Waals surface area contributed by atoms with Crippen molar-refractivity contribution in [2.45, 2.75) is 31.2 Å². The lowest BCUT2D eigenvalue weighted by molar-refractivity contribution is -0.193. The highest BCUT2D eigenvalue weighted by atomic mass is 19.4. The van der Waals surface area contributed by atoms with E-state index in [1.807, 2.05) is 41.2 Å². The average Bonchev–Trinajstić information content (AvgIpc) is 3.60. The van der Waals surface area contributed by atoms with Crippen LogP contribution in [-0.4, -0.2) is 84.2 Å². The fourth-order valence-corrected chi connectivity index (χ4v) is 3.93. The van der Waals surface area contributed by atoms with Gasteiger partial charge < -0.3 is 14.9 Å². The smallest absolute Gasteiger partial charge is 0.481 e. The molecule has 0 bridgehead atoms. The van der Waals surface area contributed by atoms with E-state index in [9.17, 15) is 26.3 Å². The summed E-state index contributed by atoms with van der Waals surface area (Å²) in [7, 11) is 1.67. The van der Waals surface area contributed by atoms with Crippen LogP contribution < -0.4 is 4.74 Å². The van der Waals surface area contributed by atoms with Gasteiger partial charge in [-0.3, -0.25) is 9.88 Å². The molecule has 4 aromatic heterocycles. The molecule has 1 saturated heterocycles. The maximum Gasteiger partial charge on any atom is 0.490 e. The molecule has 1 atom stereocenters. The van der Waals surface area contributed by atoms with E-state index in [-0.39, 0.29) is 0 Å². The van der Waals surface area contributed by atoms with Crippen LogP contribution in [-0.2, 0) is 16.1 Å². The number of aromatic nitrogens is 5. The first-order valence-electron chi connectivity index (χ1n) is 12.3. The van der Waals surface area contributed by atoms with Crippen LogP contribution >= 0.6 is 0 Å². The number of ether oxygens (including phenoxy) is 1. The number of aliphatic carboxylic acids is 2. The fourth-order valence-electron chi connectivity index (χ4n) is 3.93. The number of halogens is 6. The van der Waals surface area contributed by atoms with Gasteiger partial charge in [-0.2, -0.15) is 31.4 Å². The summed E-state index contributed by atoms with van der Waals surface area (Å²) in [5.74, 6) is -3.57. The standard InChI is InChI=1S/C22H22N6O.2C2HF3O2/c1-29-22-19(5-3-10-24-22)14-27-11-8-18(13-27)21-25-20-7-6-17(15-28(20)26-21)16-4-2-9-23-12-16;2*3-2(4,5)1(6)7/h2-7,9-10,12,15,18H,8,11,13-14H2,1H3;2*(H,6,7). The van der Waals surface area contributed by atoms with Gasteiger partial charge in [0.2, 0.25) is 5.88 Å². The van der Waals surface area contributed by atoms with Crippen LogP contribution in [0.4, 0.5) is 26.3 Å². The largest absolute Gasteiger partial charge is 0.490 e. The first-order chi connectivity index (χ1) is 20.2. The van der Waals surface area contributed by atoms with Gasteiger partial charge in [0, 0.05) is 60.5 Å². The van der Waals surface area contributed by atoms with Crippen molar-refractivity contribution in [3.05, 3.63) is 72.6 Å². The molecule has 5 heterocycles. The van der Waals surface area contributed by atoms with E-state index in [4.69, 9.17) is 34.6 Å². The van der Waals surface area contributed by atoms with Gasteiger partial charge in [0.15, 0.2) is 11.5 Å². The van der Waals surface area contributed by atoms with Crippen LogP contribution in [0.2, 0.25) is 0 Å². The number of hydrogen-bond acceptors (Lipinski definition) is 8. The number of methoxy groups -OCH3 is 1. The maximum atomic E-state index is 10.6. The van der Waals surface area contributed by atoms with Crippen LogP contribution in [0.1, 0.15) is 23.7 Å². The molecule has 0 radical (unpaired) electrons. The minimum absolute atomic E-state index is 0.333. The van der Waals surface area contributed by atoms with Crippen LogP contribution in [0, 0.1) is 0 Å². The molecule has 11 nitrogen and oxygen atoms in total.